The predicted octanol–water partition coefficient (Wildman–Crippen LogP) is 2.66. The molecule has 150 valence electrons. The van der Waals surface area contributed by atoms with E-state index < -0.39 is 11.8 Å². The first-order valence-corrected chi connectivity index (χ1v) is 9.74. The summed E-state index contributed by atoms with van der Waals surface area (Å²) in [4.78, 5) is 33.7. The van der Waals surface area contributed by atoms with E-state index >= 15 is 0 Å². The maximum atomic E-state index is 12.8. The number of benzene rings is 1. The van der Waals surface area contributed by atoms with Crippen molar-refractivity contribution < 1.29 is 14.3 Å². The van der Waals surface area contributed by atoms with E-state index in [9.17, 15) is 9.59 Å². The molecular weight excluding hydrogens is 356 g/mol. The van der Waals surface area contributed by atoms with Crippen molar-refractivity contribution in [3.05, 3.63) is 30.5 Å². The van der Waals surface area contributed by atoms with E-state index in [0.29, 0.717) is 18.9 Å². The lowest BCUT2D eigenvalue weighted by molar-refractivity contribution is -0.145. The summed E-state index contributed by atoms with van der Waals surface area (Å²) in [6, 6.07) is 7.43. The average molecular weight is 384 g/mol. The smallest absolute Gasteiger partial charge is 0.313 e. The first-order chi connectivity index (χ1) is 13.4. The van der Waals surface area contributed by atoms with Gasteiger partial charge in [0.15, 0.2) is 0 Å². The summed E-state index contributed by atoms with van der Waals surface area (Å²) in [7, 11) is 0. The standard InChI is InChI=1S/C21H28N4O3/c1-14(2)25(15(3)4)21(27)20(26)23-18-8-7-17-16(6-5-9-22-17)19(18)24-10-12-28-13-11-24/h5-9,14-15H,10-13H2,1-4H3,(H,23,26). The van der Waals surface area contributed by atoms with Crippen molar-refractivity contribution in [2.75, 3.05) is 36.5 Å². The summed E-state index contributed by atoms with van der Waals surface area (Å²) in [5.41, 5.74) is 2.35. The molecule has 0 saturated carbocycles. The molecule has 1 fully saturated rings. The number of hydrogen-bond donors (Lipinski definition) is 1. The van der Waals surface area contributed by atoms with Crippen LogP contribution in [0.5, 0.6) is 0 Å². The quantitative estimate of drug-likeness (QED) is 0.821. The van der Waals surface area contributed by atoms with Crippen LogP contribution >= 0.6 is 0 Å². The molecule has 0 bridgehead atoms. The molecule has 2 heterocycles. The highest BCUT2D eigenvalue weighted by molar-refractivity contribution is 6.40. The van der Waals surface area contributed by atoms with Crippen LogP contribution in [-0.4, -0.2) is 60.1 Å². The molecule has 1 saturated heterocycles. The van der Waals surface area contributed by atoms with Gasteiger partial charge in [-0.3, -0.25) is 14.6 Å². The third kappa shape index (κ3) is 4.09. The lowest BCUT2D eigenvalue weighted by Gasteiger charge is -2.32. The summed E-state index contributed by atoms with van der Waals surface area (Å²) < 4.78 is 5.47. The lowest BCUT2D eigenvalue weighted by atomic mass is 10.1. The Balaban J connectivity index is 1.96. The molecule has 0 radical (unpaired) electrons. The third-order valence-electron chi connectivity index (χ3n) is 4.87. The second-order valence-electron chi connectivity index (χ2n) is 7.49. The molecule has 2 amide bonds. The second-order valence-corrected chi connectivity index (χ2v) is 7.49. The number of morpholine rings is 1. The first kappa shape index (κ1) is 20.1. The molecule has 0 unspecified atom stereocenters. The summed E-state index contributed by atoms with van der Waals surface area (Å²) >= 11 is 0. The Morgan fingerprint density at radius 3 is 2.43 bits per heavy atom. The van der Waals surface area contributed by atoms with Gasteiger partial charge in [0.2, 0.25) is 0 Å². The van der Waals surface area contributed by atoms with Gasteiger partial charge in [0.25, 0.3) is 0 Å². The van der Waals surface area contributed by atoms with Gasteiger partial charge in [0, 0.05) is 36.8 Å². The fourth-order valence-corrected chi connectivity index (χ4v) is 3.72. The Kier molecular flexibility index (Phi) is 6.14. The number of rotatable bonds is 4. The molecular formula is C21H28N4O3. The minimum absolute atomic E-state index is 0.0576. The maximum Gasteiger partial charge on any atom is 0.313 e. The van der Waals surface area contributed by atoms with E-state index in [0.717, 1.165) is 29.7 Å². The zero-order valence-corrected chi connectivity index (χ0v) is 16.9. The SMILES string of the molecule is CC(C)N(C(=O)C(=O)Nc1ccc2ncccc2c1N1CCOCC1)C(C)C. The number of anilines is 2. The largest absolute Gasteiger partial charge is 0.378 e. The van der Waals surface area contributed by atoms with Gasteiger partial charge < -0.3 is 19.9 Å². The van der Waals surface area contributed by atoms with Crippen molar-refractivity contribution >= 4 is 34.1 Å². The molecule has 3 rings (SSSR count). The summed E-state index contributed by atoms with van der Waals surface area (Å²) in [6.45, 7) is 10.3. The number of fused-ring (bicyclic) bond motifs is 1. The summed E-state index contributed by atoms with van der Waals surface area (Å²) in [5.74, 6) is -1.15. The van der Waals surface area contributed by atoms with Crippen LogP contribution in [0.4, 0.5) is 11.4 Å². The first-order valence-electron chi connectivity index (χ1n) is 9.74. The van der Waals surface area contributed by atoms with E-state index in [-0.39, 0.29) is 12.1 Å². The van der Waals surface area contributed by atoms with Gasteiger partial charge in [-0.2, -0.15) is 0 Å². The molecule has 7 heteroatoms. The Hall–Kier alpha value is -2.67. The molecule has 1 aliphatic rings. The van der Waals surface area contributed by atoms with Crippen LogP contribution < -0.4 is 10.2 Å². The van der Waals surface area contributed by atoms with Crippen LogP contribution in [0.15, 0.2) is 30.5 Å². The molecule has 0 spiro atoms. The number of carbonyl (C=O) groups is 2. The molecule has 28 heavy (non-hydrogen) atoms. The van der Waals surface area contributed by atoms with Gasteiger partial charge in [0.05, 0.1) is 30.1 Å². The van der Waals surface area contributed by atoms with E-state index in [1.807, 2.05) is 52.0 Å². The fraction of sp³-hybridized carbons (Fsp3) is 0.476. The highest BCUT2D eigenvalue weighted by Crippen LogP contribution is 2.34. The topological polar surface area (TPSA) is 74.8 Å². The third-order valence-corrected chi connectivity index (χ3v) is 4.87. The average Bonchev–Trinajstić information content (AvgIpc) is 2.67. The Bertz CT molecular complexity index is 852. The maximum absolute atomic E-state index is 12.8. The van der Waals surface area contributed by atoms with Gasteiger partial charge in [-0.1, -0.05) is 0 Å². The second kappa shape index (κ2) is 8.56. The molecule has 7 nitrogen and oxygen atoms in total. The highest BCUT2D eigenvalue weighted by Gasteiger charge is 2.28. The summed E-state index contributed by atoms with van der Waals surface area (Å²) in [6.07, 6.45) is 1.75. The Labute approximate surface area is 165 Å². The van der Waals surface area contributed by atoms with E-state index in [2.05, 4.69) is 15.2 Å². The van der Waals surface area contributed by atoms with Gasteiger partial charge in [-0.15, -0.1) is 0 Å². The number of amides is 2. The molecule has 1 aromatic heterocycles. The number of hydrogen-bond acceptors (Lipinski definition) is 5. The zero-order chi connectivity index (χ0) is 20.3. The van der Waals surface area contributed by atoms with Crippen LogP contribution in [0.25, 0.3) is 10.9 Å². The van der Waals surface area contributed by atoms with Crippen molar-refractivity contribution in [2.24, 2.45) is 0 Å². The monoisotopic (exact) mass is 384 g/mol. The van der Waals surface area contributed by atoms with Crippen molar-refractivity contribution in [3.63, 3.8) is 0 Å². The lowest BCUT2D eigenvalue weighted by Crippen LogP contribution is -2.47. The van der Waals surface area contributed by atoms with Gasteiger partial charge in [-0.25, -0.2) is 0 Å². The molecule has 1 aromatic carbocycles. The van der Waals surface area contributed by atoms with E-state index in [1.165, 1.54) is 0 Å². The van der Waals surface area contributed by atoms with Crippen molar-refractivity contribution in [3.8, 4) is 0 Å². The number of carbonyl (C=O) groups excluding carboxylic acids is 2. The van der Waals surface area contributed by atoms with Crippen LogP contribution in [0.1, 0.15) is 27.7 Å². The number of pyridine rings is 1. The number of nitrogens with zero attached hydrogens (tertiary/aromatic N) is 3. The predicted molar refractivity (Wildman–Crippen MR) is 111 cm³/mol. The van der Waals surface area contributed by atoms with Crippen molar-refractivity contribution in [2.45, 2.75) is 39.8 Å². The molecule has 1 aliphatic heterocycles. The van der Waals surface area contributed by atoms with Crippen LogP contribution in [0.2, 0.25) is 0 Å². The van der Waals surface area contributed by atoms with Crippen LogP contribution in [-0.2, 0) is 14.3 Å². The minimum atomic E-state index is -0.625. The molecule has 2 aromatic rings. The van der Waals surface area contributed by atoms with Gasteiger partial charge in [0.1, 0.15) is 0 Å². The Morgan fingerprint density at radius 1 is 1.11 bits per heavy atom. The van der Waals surface area contributed by atoms with Crippen molar-refractivity contribution in [1.82, 2.24) is 9.88 Å². The number of aromatic nitrogens is 1. The molecule has 1 N–H and O–H groups in total. The van der Waals surface area contributed by atoms with Crippen LogP contribution in [0, 0.1) is 0 Å². The van der Waals surface area contributed by atoms with Crippen LogP contribution in [0.3, 0.4) is 0 Å². The molecule has 0 aliphatic carbocycles. The van der Waals surface area contributed by atoms with Crippen molar-refractivity contribution in [1.29, 1.82) is 0 Å². The summed E-state index contributed by atoms with van der Waals surface area (Å²) in [5, 5.41) is 3.79. The number of ether oxygens (including phenoxy) is 1. The van der Waals surface area contributed by atoms with E-state index in [1.54, 1.807) is 11.1 Å². The van der Waals surface area contributed by atoms with E-state index in [4.69, 9.17) is 4.74 Å². The number of nitrogens with one attached hydrogen (secondary N) is 1. The minimum Gasteiger partial charge on any atom is -0.378 e. The zero-order valence-electron chi connectivity index (χ0n) is 16.9. The fourth-order valence-electron chi connectivity index (χ4n) is 3.72. The molecule has 0 atom stereocenters. The van der Waals surface area contributed by atoms with Gasteiger partial charge >= 0.3 is 11.8 Å². The Morgan fingerprint density at radius 2 is 1.79 bits per heavy atom. The highest BCUT2D eigenvalue weighted by atomic mass is 16.5. The van der Waals surface area contributed by atoms with Gasteiger partial charge in [-0.05, 0) is 52.0 Å². The normalized spacial score (nSPS) is 14.6.